The molecule has 1 amide bonds. The Hall–Kier alpha value is -1.89. The quantitative estimate of drug-likeness (QED) is 0.793. The highest BCUT2D eigenvalue weighted by molar-refractivity contribution is 7.99. The third-order valence-corrected chi connectivity index (χ3v) is 4.85. The second-order valence-electron chi connectivity index (χ2n) is 5.50. The van der Waals surface area contributed by atoms with E-state index in [1.54, 1.807) is 4.90 Å². The Morgan fingerprint density at radius 3 is 2.75 bits per heavy atom. The van der Waals surface area contributed by atoms with Gasteiger partial charge in [-0.1, -0.05) is 12.1 Å². The zero-order valence-electron chi connectivity index (χ0n) is 12.8. The maximum atomic E-state index is 12.8. The van der Waals surface area contributed by atoms with Gasteiger partial charge in [0.1, 0.15) is 5.76 Å². The van der Waals surface area contributed by atoms with E-state index in [2.05, 4.69) is 0 Å². The normalized spacial score (nSPS) is 16.0. The molecule has 0 radical (unpaired) electrons. The number of hydrogen-bond donors (Lipinski definition) is 0. The van der Waals surface area contributed by atoms with Crippen LogP contribution in [-0.2, 0) is 6.18 Å². The molecule has 3 nitrogen and oxygen atoms in total. The summed E-state index contributed by atoms with van der Waals surface area (Å²) >= 11 is 1.81. The van der Waals surface area contributed by atoms with E-state index in [-0.39, 0.29) is 17.4 Å². The first kappa shape index (κ1) is 17.0. The lowest BCUT2D eigenvalue weighted by Crippen LogP contribution is -2.32. The highest BCUT2D eigenvalue weighted by Crippen LogP contribution is 2.32. The zero-order valence-corrected chi connectivity index (χ0v) is 13.6. The maximum Gasteiger partial charge on any atom is 0.416 e. The van der Waals surface area contributed by atoms with Gasteiger partial charge in [-0.25, -0.2) is 0 Å². The summed E-state index contributed by atoms with van der Waals surface area (Å²) in [6.45, 7) is 1.33. The smallest absolute Gasteiger partial charge is 0.416 e. The van der Waals surface area contributed by atoms with E-state index < -0.39 is 11.7 Å². The number of hydrogen-bond acceptors (Lipinski definition) is 3. The third-order valence-electron chi connectivity index (χ3n) is 3.80. The predicted molar refractivity (Wildman–Crippen MR) is 87.0 cm³/mol. The van der Waals surface area contributed by atoms with Crippen molar-refractivity contribution in [3.63, 3.8) is 0 Å². The van der Waals surface area contributed by atoms with Crippen molar-refractivity contribution in [3.8, 4) is 11.3 Å². The van der Waals surface area contributed by atoms with Gasteiger partial charge >= 0.3 is 6.18 Å². The number of carbonyl (C=O) groups excluding carboxylic acids is 1. The molecule has 0 atom stereocenters. The fraction of sp³-hybridized carbons (Fsp3) is 0.353. The molecule has 1 aliphatic heterocycles. The lowest BCUT2D eigenvalue weighted by atomic mass is 10.1. The van der Waals surface area contributed by atoms with Crippen LogP contribution in [0, 0.1) is 0 Å². The van der Waals surface area contributed by atoms with Crippen LogP contribution < -0.4 is 0 Å². The van der Waals surface area contributed by atoms with Crippen molar-refractivity contribution in [3.05, 3.63) is 47.7 Å². The maximum absolute atomic E-state index is 12.8. The summed E-state index contributed by atoms with van der Waals surface area (Å²) in [5.41, 5.74) is -0.441. The molecule has 0 spiro atoms. The van der Waals surface area contributed by atoms with Crippen LogP contribution in [0.2, 0.25) is 0 Å². The standard InChI is InChI=1S/C17H16F3NO2S/c18-17(19,20)13-4-1-3-12(11-13)14-5-6-15(23-14)16(22)21-7-2-9-24-10-8-21/h1,3-6,11H,2,7-10H2. The van der Waals surface area contributed by atoms with Crippen molar-refractivity contribution in [1.82, 2.24) is 4.90 Å². The van der Waals surface area contributed by atoms with Gasteiger partial charge < -0.3 is 9.32 Å². The SMILES string of the molecule is O=C(c1ccc(-c2cccc(C(F)(F)F)c2)o1)N1CCCSCC1. The molecule has 2 aromatic rings. The first-order valence-corrected chi connectivity index (χ1v) is 8.75. The largest absolute Gasteiger partial charge is 0.451 e. The molecular formula is C17H16F3NO2S. The minimum atomic E-state index is -4.41. The van der Waals surface area contributed by atoms with Gasteiger partial charge in [-0.05, 0) is 36.4 Å². The Balaban J connectivity index is 1.81. The zero-order chi connectivity index (χ0) is 17.2. The molecule has 0 N–H and O–H groups in total. The summed E-state index contributed by atoms with van der Waals surface area (Å²) in [4.78, 5) is 14.2. The number of benzene rings is 1. The molecular weight excluding hydrogens is 339 g/mol. The molecule has 7 heteroatoms. The Labute approximate surface area is 141 Å². The molecule has 0 bridgehead atoms. The Bertz CT molecular complexity index is 719. The average molecular weight is 355 g/mol. The van der Waals surface area contributed by atoms with Crippen LogP contribution >= 0.6 is 11.8 Å². The van der Waals surface area contributed by atoms with E-state index in [4.69, 9.17) is 4.42 Å². The summed E-state index contributed by atoms with van der Waals surface area (Å²) < 4.78 is 43.9. The van der Waals surface area contributed by atoms with E-state index in [0.717, 1.165) is 30.1 Å². The van der Waals surface area contributed by atoms with E-state index in [1.807, 2.05) is 11.8 Å². The molecule has 24 heavy (non-hydrogen) atoms. The van der Waals surface area contributed by atoms with Crippen molar-refractivity contribution >= 4 is 17.7 Å². The molecule has 0 aliphatic carbocycles. The summed E-state index contributed by atoms with van der Waals surface area (Å²) in [7, 11) is 0. The van der Waals surface area contributed by atoms with Gasteiger partial charge in [0, 0.05) is 24.4 Å². The number of furan rings is 1. The molecule has 1 aliphatic rings. The first-order valence-electron chi connectivity index (χ1n) is 7.59. The van der Waals surface area contributed by atoms with Crippen LogP contribution in [-0.4, -0.2) is 35.4 Å². The fourth-order valence-corrected chi connectivity index (χ4v) is 3.45. The number of nitrogens with zero attached hydrogens (tertiary/aromatic N) is 1. The highest BCUT2D eigenvalue weighted by atomic mass is 32.2. The number of thioether (sulfide) groups is 1. The minimum Gasteiger partial charge on any atom is -0.451 e. The highest BCUT2D eigenvalue weighted by Gasteiger charge is 2.30. The van der Waals surface area contributed by atoms with Crippen molar-refractivity contribution in [2.45, 2.75) is 12.6 Å². The van der Waals surface area contributed by atoms with Crippen LogP contribution in [0.1, 0.15) is 22.5 Å². The van der Waals surface area contributed by atoms with Gasteiger partial charge in [-0.3, -0.25) is 4.79 Å². The van der Waals surface area contributed by atoms with Crippen LogP contribution in [0.4, 0.5) is 13.2 Å². The number of rotatable bonds is 2. The molecule has 1 saturated heterocycles. The third kappa shape index (κ3) is 3.77. The summed E-state index contributed by atoms with van der Waals surface area (Å²) in [5.74, 6) is 2.11. The Morgan fingerprint density at radius 1 is 1.12 bits per heavy atom. The number of amides is 1. The summed E-state index contributed by atoms with van der Waals surface area (Å²) in [5, 5.41) is 0. The van der Waals surface area contributed by atoms with E-state index in [9.17, 15) is 18.0 Å². The van der Waals surface area contributed by atoms with E-state index >= 15 is 0 Å². The predicted octanol–water partition coefficient (Wildman–Crippen LogP) is 4.54. The van der Waals surface area contributed by atoms with Crippen molar-refractivity contribution in [2.24, 2.45) is 0 Å². The fourth-order valence-electron chi connectivity index (χ4n) is 2.56. The molecule has 1 fully saturated rings. The molecule has 128 valence electrons. The van der Waals surface area contributed by atoms with Crippen molar-refractivity contribution < 1.29 is 22.4 Å². The second kappa shape index (κ2) is 6.93. The van der Waals surface area contributed by atoms with Crippen molar-refractivity contribution in [2.75, 3.05) is 24.6 Å². The Kier molecular flexibility index (Phi) is 4.89. The first-order chi connectivity index (χ1) is 11.4. The van der Waals surface area contributed by atoms with Crippen molar-refractivity contribution in [1.29, 1.82) is 0 Å². The molecule has 0 saturated carbocycles. The van der Waals surface area contributed by atoms with Crippen LogP contribution in [0.15, 0.2) is 40.8 Å². The number of halogens is 3. The number of alkyl halides is 3. The summed E-state index contributed by atoms with van der Waals surface area (Å²) in [6, 6.07) is 7.95. The van der Waals surface area contributed by atoms with Gasteiger partial charge in [0.15, 0.2) is 5.76 Å². The summed E-state index contributed by atoms with van der Waals surface area (Å²) in [6.07, 6.45) is -3.48. The minimum absolute atomic E-state index is 0.161. The molecule has 1 aromatic heterocycles. The van der Waals surface area contributed by atoms with Gasteiger partial charge in [0.05, 0.1) is 5.56 Å². The van der Waals surface area contributed by atoms with Crippen LogP contribution in [0.3, 0.4) is 0 Å². The molecule has 3 rings (SSSR count). The second-order valence-corrected chi connectivity index (χ2v) is 6.73. The molecule has 1 aromatic carbocycles. The lowest BCUT2D eigenvalue weighted by molar-refractivity contribution is -0.137. The molecule has 0 unspecified atom stereocenters. The number of carbonyl (C=O) groups is 1. The van der Waals surface area contributed by atoms with Crippen LogP contribution in [0.5, 0.6) is 0 Å². The monoisotopic (exact) mass is 355 g/mol. The lowest BCUT2D eigenvalue weighted by Gasteiger charge is -2.18. The van der Waals surface area contributed by atoms with E-state index in [0.29, 0.717) is 18.7 Å². The van der Waals surface area contributed by atoms with E-state index in [1.165, 1.54) is 24.3 Å². The van der Waals surface area contributed by atoms with Gasteiger partial charge in [0.25, 0.3) is 5.91 Å². The Morgan fingerprint density at radius 2 is 1.96 bits per heavy atom. The molecule has 2 heterocycles. The van der Waals surface area contributed by atoms with Crippen LogP contribution in [0.25, 0.3) is 11.3 Å². The van der Waals surface area contributed by atoms with Gasteiger partial charge in [-0.15, -0.1) is 0 Å². The topological polar surface area (TPSA) is 33.5 Å². The van der Waals surface area contributed by atoms with Gasteiger partial charge in [-0.2, -0.15) is 24.9 Å². The average Bonchev–Trinajstić information content (AvgIpc) is 2.89. The van der Waals surface area contributed by atoms with Gasteiger partial charge in [0.2, 0.25) is 0 Å².